The monoisotopic (exact) mass is 407 g/mol. The number of aryl methyl sites for hydroxylation is 1. The minimum absolute atomic E-state index is 0.0216. The van der Waals surface area contributed by atoms with Crippen LogP contribution in [-0.2, 0) is 23.1 Å². The number of hydrogen-bond acceptors (Lipinski definition) is 4. The molecule has 7 heteroatoms. The van der Waals surface area contributed by atoms with Crippen molar-refractivity contribution in [1.29, 1.82) is 0 Å². The van der Waals surface area contributed by atoms with Crippen LogP contribution in [0.15, 0.2) is 36.9 Å². The summed E-state index contributed by atoms with van der Waals surface area (Å²) in [5.41, 5.74) is 1.15. The second-order valence-corrected chi connectivity index (χ2v) is 9.28. The average molecular weight is 408 g/mol. The van der Waals surface area contributed by atoms with Gasteiger partial charge in [-0.25, -0.2) is 4.98 Å². The third-order valence-electron chi connectivity index (χ3n) is 6.88. The summed E-state index contributed by atoms with van der Waals surface area (Å²) in [6, 6.07) is 5.47. The zero-order valence-electron chi connectivity index (χ0n) is 17.5. The fourth-order valence-corrected chi connectivity index (χ4v) is 5.15. The highest BCUT2D eigenvalue weighted by atomic mass is 16.2. The first kappa shape index (κ1) is 19.3. The zero-order chi connectivity index (χ0) is 20.7. The van der Waals surface area contributed by atoms with Crippen LogP contribution >= 0.6 is 0 Å². The molecule has 2 amide bonds. The summed E-state index contributed by atoms with van der Waals surface area (Å²) in [5.74, 6) is 0.946. The van der Waals surface area contributed by atoms with Crippen LogP contribution in [0.5, 0.6) is 0 Å². The van der Waals surface area contributed by atoms with E-state index in [1.165, 1.54) is 12.8 Å². The molecule has 4 heterocycles. The molecule has 1 spiro atoms. The minimum Gasteiger partial charge on any atom is -0.342 e. The molecular weight excluding hydrogens is 378 g/mol. The van der Waals surface area contributed by atoms with Crippen LogP contribution in [0.4, 0.5) is 0 Å². The van der Waals surface area contributed by atoms with Gasteiger partial charge in [-0.3, -0.25) is 14.6 Å². The van der Waals surface area contributed by atoms with Crippen molar-refractivity contribution in [3.8, 4) is 0 Å². The number of carbonyl (C=O) groups is 2. The van der Waals surface area contributed by atoms with Gasteiger partial charge in [0.15, 0.2) is 0 Å². The van der Waals surface area contributed by atoms with Crippen molar-refractivity contribution in [2.24, 2.45) is 18.4 Å². The van der Waals surface area contributed by atoms with Gasteiger partial charge in [-0.15, -0.1) is 0 Å². The third-order valence-corrected chi connectivity index (χ3v) is 6.88. The van der Waals surface area contributed by atoms with E-state index in [2.05, 4.69) is 14.9 Å². The van der Waals surface area contributed by atoms with Crippen molar-refractivity contribution >= 4 is 11.8 Å². The number of hydrogen-bond donors (Lipinski definition) is 0. The molecule has 0 aromatic carbocycles. The Kier molecular flexibility index (Phi) is 4.83. The molecule has 3 aliphatic rings. The Bertz CT molecular complexity index is 938. The SMILES string of the molecule is Cn1cnc(C2CC3(CCCN(CC4CC4)C3=O)CN2C(=O)Cc2ccccn2)c1. The molecule has 2 atom stereocenters. The van der Waals surface area contributed by atoms with Gasteiger partial charge in [0.2, 0.25) is 11.8 Å². The Balaban J connectivity index is 1.42. The van der Waals surface area contributed by atoms with E-state index in [1.54, 1.807) is 12.5 Å². The molecule has 2 saturated heterocycles. The van der Waals surface area contributed by atoms with Crippen LogP contribution in [0.1, 0.15) is 49.5 Å². The molecule has 3 fully saturated rings. The molecule has 0 radical (unpaired) electrons. The van der Waals surface area contributed by atoms with Gasteiger partial charge >= 0.3 is 0 Å². The second-order valence-electron chi connectivity index (χ2n) is 9.28. The van der Waals surface area contributed by atoms with E-state index in [1.807, 2.05) is 40.9 Å². The lowest BCUT2D eigenvalue weighted by Crippen LogP contribution is -2.51. The fourth-order valence-electron chi connectivity index (χ4n) is 5.15. The number of rotatable bonds is 5. The molecular formula is C23H29N5O2. The van der Waals surface area contributed by atoms with Gasteiger partial charge in [0.05, 0.1) is 29.9 Å². The number of amides is 2. The van der Waals surface area contributed by atoms with Gasteiger partial charge in [-0.1, -0.05) is 6.07 Å². The average Bonchev–Trinajstić information content (AvgIpc) is 3.32. The van der Waals surface area contributed by atoms with Gasteiger partial charge in [-0.05, 0) is 50.2 Å². The number of piperidine rings is 1. The molecule has 2 aromatic rings. The first-order chi connectivity index (χ1) is 14.5. The third kappa shape index (κ3) is 3.61. The standard InChI is InChI=1S/C23H29N5O2/c1-26-14-19(25-16-26)20-12-23(8-4-10-27(22(23)30)13-17-6-7-17)15-28(20)21(29)11-18-5-2-3-9-24-18/h2-3,5,9,14,16-17,20H,4,6-8,10-13,15H2,1H3. The van der Waals surface area contributed by atoms with E-state index in [0.717, 1.165) is 37.3 Å². The van der Waals surface area contributed by atoms with Crippen LogP contribution in [0, 0.1) is 11.3 Å². The van der Waals surface area contributed by atoms with Crippen LogP contribution < -0.4 is 0 Å². The Hall–Kier alpha value is -2.70. The zero-order valence-corrected chi connectivity index (χ0v) is 17.5. The maximum Gasteiger partial charge on any atom is 0.230 e. The predicted octanol–water partition coefficient (Wildman–Crippen LogP) is 2.35. The first-order valence-electron chi connectivity index (χ1n) is 11.0. The smallest absolute Gasteiger partial charge is 0.230 e. The van der Waals surface area contributed by atoms with Crippen LogP contribution in [0.25, 0.3) is 0 Å². The largest absolute Gasteiger partial charge is 0.342 e. The Morgan fingerprint density at radius 1 is 1.27 bits per heavy atom. The van der Waals surface area contributed by atoms with Gasteiger partial charge in [0.25, 0.3) is 0 Å². The molecule has 0 N–H and O–H groups in total. The molecule has 2 unspecified atom stereocenters. The summed E-state index contributed by atoms with van der Waals surface area (Å²) in [4.78, 5) is 39.7. The summed E-state index contributed by atoms with van der Waals surface area (Å²) in [7, 11) is 1.93. The molecule has 0 bridgehead atoms. The molecule has 5 rings (SSSR count). The van der Waals surface area contributed by atoms with Gasteiger partial charge in [0, 0.05) is 44.8 Å². The van der Waals surface area contributed by atoms with Crippen molar-refractivity contribution in [2.45, 2.75) is 44.6 Å². The van der Waals surface area contributed by atoms with Gasteiger partial charge in [0.1, 0.15) is 0 Å². The maximum atomic E-state index is 13.6. The number of imidazole rings is 1. The highest BCUT2D eigenvalue weighted by molar-refractivity contribution is 5.87. The van der Waals surface area contributed by atoms with Crippen LogP contribution in [-0.4, -0.2) is 55.8 Å². The molecule has 7 nitrogen and oxygen atoms in total. The predicted molar refractivity (Wildman–Crippen MR) is 111 cm³/mol. The summed E-state index contributed by atoms with van der Waals surface area (Å²) in [6.45, 7) is 2.23. The molecule has 2 aromatic heterocycles. The van der Waals surface area contributed by atoms with E-state index in [9.17, 15) is 9.59 Å². The summed E-state index contributed by atoms with van der Waals surface area (Å²) in [6.07, 6.45) is 10.7. The van der Waals surface area contributed by atoms with E-state index in [4.69, 9.17) is 0 Å². The maximum absolute atomic E-state index is 13.6. The molecule has 158 valence electrons. The van der Waals surface area contributed by atoms with Crippen molar-refractivity contribution in [3.63, 3.8) is 0 Å². The normalized spacial score (nSPS) is 26.6. The van der Waals surface area contributed by atoms with Crippen molar-refractivity contribution in [2.75, 3.05) is 19.6 Å². The highest BCUT2D eigenvalue weighted by Crippen LogP contribution is 2.49. The van der Waals surface area contributed by atoms with Crippen molar-refractivity contribution in [3.05, 3.63) is 48.3 Å². The number of aromatic nitrogens is 3. The van der Waals surface area contributed by atoms with Crippen molar-refractivity contribution < 1.29 is 9.59 Å². The molecule has 1 aliphatic carbocycles. The second kappa shape index (κ2) is 7.52. The number of nitrogens with zero attached hydrogens (tertiary/aromatic N) is 5. The van der Waals surface area contributed by atoms with Crippen LogP contribution in [0.3, 0.4) is 0 Å². The quantitative estimate of drug-likeness (QED) is 0.763. The van der Waals surface area contributed by atoms with Gasteiger partial charge in [-0.2, -0.15) is 0 Å². The van der Waals surface area contributed by atoms with Crippen LogP contribution in [0.2, 0.25) is 0 Å². The molecule has 30 heavy (non-hydrogen) atoms. The summed E-state index contributed by atoms with van der Waals surface area (Å²) >= 11 is 0. The van der Waals surface area contributed by atoms with E-state index in [0.29, 0.717) is 18.9 Å². The van der Waals surface area contributed by atoms with Crippen molar-refractivity contribution in [1.82, 2.24) is 24.3 Å². The lowest BCUT2D eigenvalue weighted by atomic mass is 9.76. The van der Waals surface area contributed by atoms with E-state index < -0.39 is 5.41 Å². The lowest BCUT2D eigenvalue weighted by molar-refractivity contribution is -0.146. The fraction of sp³-hybridized carbons (Fsp3) is 0.565. The number of pyridine rings is 1. The molecule has 2 aliphatic heterocycles. The Labute approximate surface area is 177 Å². The Morgan fingerprint density at radius 2 is 2.13 bits per heavy atom. The topological polar surface area (TPSA) is 71.3 Å². The number of likely N-dealkylation sites (tertiary alicyclic amines) is 2. The van der Waals surface area contributed by atoms with Gasteiger partial charge < -0.3 is 14.4 Å². The minimum atomic E-state index is -0.477. The van der Waals surface area contributed by atoms with E-state index in [-0.39, 0.29) is 24.3 Å². The molecule has 1 saturated carbocycles. The summed E-state index contributed by atoms with van der Waals surface area (Å²) < 4.78 is 1.91. The highest BCUT2D eigenvalue weighted by Gasteiger charge is 2.54. The van der Waals surface area contributed by atoms with E-state index >= 15 is 0 Å². The number of carbonyl (C=O) groups excluding carboxylic acids is 2. The Morgan fingerprint density at radius 3 is 2.83 bits per heavy atom. The first-order valence-corrected chi connectivity index (χ1v) is 11.0. The lowest BCUT2D eigenvalue weighted by Gasteiger charge is -2.39. The summed E-state index contributed by atoms with van der Waals surface area (Å²) in [5, 5.41) is 0.